The molecule has 0 bridgehead atoms. The van der Waals surface area contributed by atoms with Gasteiger partial charge in [-0.3, -0.25) is 0 Å². The summed E-state index contributed by atoms with van der Waals surface area (Å²) in [7, 11) is 0. The standard InChI is InChI=1S/C22H35N5/c1-6-22(4,5)27-21(23-24-25-27)20(17(2)3)26-14-12-19(13-15-26)16-18-10-8-7-9-11-18/h7-11,17,19-20H,6,12-16H2,1-5H3/p+1/t20-/m0/s1. The molecule has 2 aromatic rings. The largest absolute Gasteiger partial charge is 0.326 e. The lowest BCUT2D eigenvalue weighted by molar-refractivity contribution is -0.942. The number of likely N-dealkylation sites (tertiary alicyclic amines) is 1. The quantitative estimate of drug-likeness (QED) is 0.815. The van der Waals surface area contributed by atoms with Crippen molar-refractivity contribution in [2.75, 3.05) is 13.1 Å². The molecule has 2 heterocycles. The lowest BCUT2D eigenvalue weighted by atomic mass is 9.88. The van der Waals surface area contributed by atoms with Gasteiger partial charge >= 0.3 is 0 Å². The molecule has 1 aromatic heterocycles. The van der Waals surface area contributed by atoms with E-state index in [-0.39, 0.29) is 5.54 Å². The van der Waals surface area contributed by atoms with Gasteiger partial charge in [0.1, 0.15) is 0 Å². The summed E-state index contributed by atoms with van der Waals surface area (Å²) in [5, 5.41) is 12.9. The average molecular weight is 371 g/mol. The topological polar surface area (TPSA) is 48.0 Å². The molecule has 3 rings (SSSR count). The molecule has 1 fully saturated rings. The third-order valence-corrected chi connectivity index (χ3v) is 6.43. The molecule has 0 radical (unpaired) electrons. The Morgan fingerprint density at radius 3 is 2.41 bits per heavy atom. The SMILES string of the molecule is CCC(C)(C)n1nnnc1[C@H](C(C)C)[NH+]1CCC(Cc2ccccc2)CC1. The maximum atomic E-state index is 4.50. The van der Waals surface area contributed by atoms with Crippen molar-refractivity contribution in [2.45, 2.75) is 71.9 Å². The molecule has 1 saturated heterocycles. The second kappa shape index (κ2) is 8.51. The van der Waals surface area contributed by atoms with Gasteiger partial charge in [0.2, 0.25) is 5.82 Å². The van der Waals surface area contributed by atoms with Crippen LogP contribution in [0.4, 0.5) is 0 Å². The van der Waals surface area contributed by atoms with Gasteiger partial charge in [0, 0.05) is 5.92 Å². The van der Waals surface area contributed by atoms with E-state index in [9.17, 15) is 0 Å². The molecule has 1 aliphatic rings. The first-order chi connectivity index (χ1) is 12.9. The Morgan fingerprint density at radius 2 is 1.81 bits per heavy atom. The molecular weight excluding hydrogens is 334 g/mol. The van der Waals surface area contributed by atoms with Crippen molar-refractivity contribution in [3.05, 3.63) is 41.7 Å². The third kappa shape index (κ3) is 4.57. The van der Waals surface area contributed by atoms with Crippen LogP contribution in [0.1, 0.15) is 71.3 Å². The van der Waals surface area contributed by atoms with Crippen LogP contribution in [0, 0.1) is 11.8 Å². The maximum absolute atomic E-state index is 4.50. The number of hydrogen-bond donors (Lipinski definition) is 1. The number of hydrogen-bond acceptors (Lipinski definition) is 3. The van der Waals surface area contributed by atoms with E-state index in [0.29, 0.717) is 12.0 Å². The van der Waals surface area contributed by atoms with Gasteiger partial charge in [-0.05, 0) is 61.4 Å². The summed E-state index contributed by atoms with van der Waals surface area (Å²) in [6.07, 6.45) is 4.80. The lowest BCUT2D eigenvalue weighted by Gasteiger charge is -2.37. The minimum atomic E-state index is -0.0446. The Balaban J connectivity index is 1.70. The van der Waals surface area contributed by atoms with E-state index in [2.05, 4.69) is 85.2 Å². The van der Waals surface area contributed by atoms with Crippen LogP contribution < -0.4 is 4.90 Å². The van der Waals surface area contributed by atoms with Gasteiger partial charge in [0.25, 0.3) is 0 Å². The molecule has 148 valence electrons. The summed E-state index contributed by atoms with van der Waals surface area (Å²) in [5.74, 6) is 2.38. The number of piperidine rings is 1. The number of aromatic nitrogens is 4. The van der Waals surface area contributed by atoms with Gasteiger partial charge in [-0.15, -0.1) is 5.10 Å². The van der Waals surface area contributed by atoms with Crippen LogP contribution in [0.15, 0.2) is 30.3 Å². The van der Waals surface area contributed by atoms with Crippen molar-refractivity contribution in [2.24, 2.45) is 11.8 Å². The van der Waals surface area contributed by atoms with Gasteiger partial charge in [-0.1, -0.05) is 51.1 Å². The fourth-order valence-electron chi connectivity index (χ4n) is 4.43. The number of quaternary nitrogens is 1. The van der Waals surface area contributed by atoms with E-state index < -0.39 is 0 Å². The van der Waals surface area contributed by atoms with E-state index in [4.69, 9.17) is 0 Å². The van der Waals surface area contributed by atoms with Crippen molar-refractivity contribution in [1.82, 2.24) is 20.2 Å². The van der Waals surface area contributed by atoms with E-state index >= 15 is 0 Å². The van der Waals surface area contributed by atoms with Crippen molar-refractivity contribution in [1.29, 1.82) is 0 Å². The zero-order chi connectivity index (χ0) is 19.4. The molecule has 0 saturated carbocycles. The molecule has 0 spiro atoms. The Morgan fingerprint density at radius 1 is 1.15 bits per heavy atom. The highest BCUT2D eigenvalue weighted by Gasteiger charge is 2.37. The predicted octanol–water partition coefficient (Wildman–Crippen LogP) is 3.05. The lowest BCUT2D eigenvalue weighted by Crippen LogP contribution is -3.14. The first kappa shape index (κ1) is 20.0. The average Bonchev–Trinajstić information content (AvgIpc) is 3.14. The van der Waals surface area contributed by atoms with Crippen LogP contribution in [-0.4, -0.2) is 33.3 Å². The van der Waals surface area contributed by atoms with Crippen molar-refractivity contribution >= 4 is 0 Å². The van der Waals surface area contributed by atoms with Gasteiger partial charge in [0.05, 0.1) is 18.6 Å². The Kier molecular flexibility index (Phi) is 6.30. The fourth-order valence-corrected chi connectivity index (χ4v) is 4.43. The second-order valence-corrected chi connectivity index (χ2v) is 9.13. The van der Waals surface area contributed by atoms with E-state index in [1.54, 1.807) is 4.90 Å². The van der Waals surface area contributed by atoms with Crippen molar-refractivity contribution in [3.8, 4) is 0 Å². The highest BCUT2D eigenvalue weighted by Crippen LogP contribution is 2.25. The van der Waals surface area contributed by atoms with Crippen LogP contribution in [0.5, 0.6) is 0 Å². The van der Waals surface area contributed by atoms with Gasteiger partial charge in [0.15, 0.2) is 6.04 Å². The zero-order valence-corrected chi connectivity index (χ0v) is 17.7. The first-order valence-electron chi connectivity index (χ1n) is 10.6. The Hall–Kier alpha value is -1.75. The number of nitrogens with one attached hydrogen (secondary N) is 1. The summed E-state index contributed by atoms with van der Waals surface area (Å²) in [6, 6.07) is 11.3. The normalized spacial score (nSPS) is 22.1. The van der Waals surface area contributed by atoms with Gasteiger partial charge in [-0.25, -0.2) is 4.68 Å². The summed E-state index contributed by atoms with van der Waals surface area (Å²) >= 11 is 0. The fraction of sp³-hybridized carbons (Fsp3) is 0.682. The first-order valence-corrected chi connectivity index (χ1v) is 10.6. The minimum absolute atomic E-state index is 0.0446. The molecule has 0 amide bonds. The Labute approximate surface area is 164 Å². The number of rotatable bonds is 7. The molecule has 5 heteroatoms. The summed E-state index contributed by atoms with van der Waals surface area (Å²) in [4.78, 5) is 1.65. The molecule has 5 nitrogen and oxygen atoms in total. The van der Waals surface area contributed by atoms with Crippen molar-refractivity contribution < 1.29 is 4.90 Å². The molecule has 1 N–H and O–H groups in total. The number of nitrogens with zero attached hydrogens (tertiary/aromatic N) is 4. The Bertz CT molecular complexity index is 699. The van der Waals surface area contributed by atoms with E-state index in [0.717, 1.165) is 18.2 Å². The number of tetrazole rings is 1. The third-order valence-electron chi connectivity index (χ3n) is 6.43. The number of benzene rings is 1. The highest BCUT2D eigenvalue weighted by molar-refractivity contribution is 5.15. The summed E-state index contributed by atoms with van der Waals surface area (Å²) < 4.78 is 2.08. The summed E-state index contributed by atoms with van der Waals surface area (Å²) in [5.41, 5.74) is 1.43. The van der Waals surface area contributed by atoms with Crippen molar-refractivity contribution in [3.63, 3.8) is 0 Å². The molecular formula is C22H36N5+. The van der Waals surface area contributed by atoms with E-state index in [1.165, 1.54) is 37.9 Å². The van der Waals surface area contributed by atoms with Crippen LogP contribution in [0.3, 0.4) is 0 Å². The van der Waals surface area contributed by atoms with Crippen LogP contribution in [-0.2, 0) is 12.0 Å². The highest BCUT2D eigenvalue weighted by atomic mass is 15.6. The molecule has 27 heavy (non-hydrogen) atoms. The second-order valence-electron chi connectivity index (χ2n) is 9.13. The maximum Gasteiger partial charge on any atom is 0.210 e. The molecule has 1 atom stereocenters. The predicted molar refractivity (Wildman–Crippen MR) is 109 cm³/mol. The summed E-state index contributed by atoms with van der Waals surface area (Å²) in [6.45, 7) is 13.7. The monoisotopic (exact) mass is 370 g/mol. The van der Waals surface area contributed by atoms with Crippen LogP contribution in [0.25, 0.3) is 0 Å². The van der Waals surface area contributed by atoms with Gasteiger partial charge < -0.3 is 4.90 Å². The molecule has 1 aromatic carbocycles. The molecule has 0 unspecified atom stereocenters. The van der Waals surface area contributed by atoms with Crippen LogP contribution >= 0.6 is 0 Å². The zero-order valence-electron chi connectivity index (χ0n) is 17.7. The van der Waals surface area contributed by atoms with Crippen LogP contribution in [0.2, 0.25) is 0 Å². The molecule has 0 aliphatic carbocycles. The van der Waals surface area contributed by atoms with E-state index in [1.807, 2.05) is 0 Å². The minimum Gasteiger partial charge on any atom is -0.326 e. The smallest absolute Gasteiger partial charge is 0.210 e. The van der Waals surface area contributed by atoms with Gasteiger partial charge in [-0.2, -0.15) is 0 Å². The molecule has 1 aliphatic heterocycles.